The van der Waals surface area contributed by atoms with E-state index in [1.807, 2.05) is 0 Å². The maximum atomic E-state index is 11.4. The van der Waals surface area contributed by atoms with Gasteiger partial charge in [0.25, 0.3) is 5.91 Å². The number of aliphatic hydroxyl groups is 1. The Morgan fingerprint density at radius 1 is 1.53 bits per heavy atom. The Bertz CT molecular complexity index is 351. The topological polar surface area (TPSA) is 78.8 Å². The summed E-state index contributed by atoms with van der Waals surface area (Å²) >= 11 is 0. The largest absolute Gasteiger partial charge is 0.504 e. The van der Waals surface area contributed by atoms with Crippen LogP contribution in [0, 0.1) is 0 Å². The number of benzene rings is 1. The first-order valence-electron chi connectivity index (χ1n) is 4.45. The van der Waals surface area contributed by atoms with Crippen LogP contribution in [-0.4, -0.2) is 36.4 Å². The Hall–Kier alpha value is -1.75. The second-order valence-corrected chi connectivity index (χ2v) is 2.87. The van der Waals surface area contributed by atoms with Crippen molar-refractivity contribution in [3.63, 3.8) is 0 Å². The van der Waals surface area contributed by atoms with Gasteiger partial charge in [-0.1, -0.05) is 0 Å². The van der Waals surface area contributed by atoms with E-state index in [9.17, 15) is 9.90 Å². The summed E-state index contributed by atoms with van der Waals surface area (Å²) in [5, 5.41) is 20.4. The molecule has 0 radical (unpaired) electrons. The number of amides is 1. The van der Waals surface area contributed by atoms with E-state index >= 15 is 0 Å². The van der Waals surface area contributed by atoms with Gasteiger partial charge in [0, 0.05) is 12.1 Å². The first kappa shape index (κ1) is 11.3. The second kappa shape index (κ2) is 5.21. The summed E-state index contributed by atoms with van der Waals surface area (Å²) in [6.07, 6.45) is 0. The van der Waals surface area contributed by atoms with E-state index < -0.39 is 0 Å². The molecule has 5 heteroatoms. The van der Waals surface area contributed by atoms with Gasteiger partial charge in [0.05, 0.1) is 13.7 Å². The molecule has 0 atom stereocenters. The molecule has 1 aromatic rings. The van der Waals surface area contributed by atoms with Crippen LogP contribution in [0.4, 0.5) is 0 Å². The minimum absolute atomic E-state index is 0.0888. The summed E-state index contributed by atoms with van der Waals surface area (Å²) in [6.45, 7) is 0.0689. The van der Waals surface area contributed by atoms with Crippen molar-refractivity contribution in [3.8, 4) is 11.5 Å². The highest BCUT2D eigenvalue weighted by Crippen LogP contribution is 2.25. The van der Waals surface area contributed by atoms with E-state index in [0.29, 0.717) is 11.3 Å². The summed E-state index contributed by atoms with van der Waals surface area (Å²) in [4.78, 5) is 11.4. The molecule has 0 aliphatic carbocycles. The molecular formula is C10H13NO4. The highest BCUT2D eigenvalue weighted by atomic mass is 16.5. The Balaban J connectivity index is 2.78. The van der Waals surface area contributed by atoms with E-state index in [-0.39, 0.29) is 24.8 Å². The average Bonchev–Trinajstić information content (AvgIpc) is 2.25. The molecule has 0 aromatic heterocycles. The molecule has 1 rings (SSSR count). The maximum absolute atomic E-state index is 11.4. The molecule has 0 spiro atoms. The van der Waals surface area contributed by atoms with E-state index in [0.717, 1.165) is 0 Å². The van der Waals surface area contributed by atoms with Crippen LogP contribution in [0.3, 0.4) is 0 Å². The third kappa shape index (κ3) is 2.85. The van der Waals surface area contributed by atoms with Crippen molar-refractivity contribution < 1.29 is 19.7 Å². The highest BCUT2D eigenvalue weighted by molar-refractivity contribution is 5.94. The Kier molecular flexibility index (Phi) is 3.93. The van der Waals surface area contributed by atoms with Gasteiger partial charge < -0.3 is 20.3 Å². The van der Waals surface area contributed by atoms with Crippen LogP contribution >= 0.6 is 0 Å². The van der Waals surface area contributed by atoms with Crippen LogP contribution in [0.25, 0.3) is 0 Å². The molecule has 0 bridgehead atoms. The van der Waals surface area contributed by atoms with Gasteiger partial charge in [-0.05, 0) is 18.2 Å². The van der Waals surface area contributed by atoms with Gasteiger partial charge in [-0.3, -0.25) is 4.79 Å². The van der Waals surface area contributed by atoms with Crippen molar-refractivity contribution in [1.29, 1.82) is 0 Å². The predicted molar refractivity (Wildman–Crippen MR) is 54.1 cm³/mol. The monoisotopic (exact) mass is 211 g/mol. The molecule has 0 unspecified atom stereocenters. The lowest BCUT2D eigenvalue weighted by molar-refractivity contribution is 0.0944. The normalized spacial score (nSPS) is 9.73. The first-order chi connectivity index (χ1) is 7.19. The number of aliphatic hydroxyl groups excluding tert-OH is 1. The van der Waals surface area contributed by atoms with Crippen molar-refractivity contribution in [2.75, 3.05) is 20.3 Å². The smallest absolute Gasteiger partial charge is 0.251 e. The first-order valence-corrected chi connectivity index (χ1v) is 4.45. The summed E-state index contributed by atoms with van der Waals surface area (Å²) < 4.78 is 4.84. The van der Waals surface area contributed by atoms with Gasteiger partial charge in [0.15, 0.2) is 11.5 Å². The molecule has 5 nitrogen and oxygen atoms in total. The number of hydrogen-bond acceptors (Lipinski definition) is 4. The van der Waals surface area contributed by atoms with Gasteiger partial charge in [-0.25, -0.2) is 0 Å². The fourth-order valence-electron chi connectivity index (χ4n) is 1.10. The summed E-state index contributed by atoms with van der Waals surface area (Å²) in [5.41, 5.74) is 0.321. The number of hydrogen-bond donors (Lipinski definition) is 3. The van der Waals surface area contributed by atoms with Gasteiger partial charge in [-0.15, -0.1) is 0 Å². The number of phenols is 1. The highest BCUT2D eigenvalue weighted by Gasteiger charge is 2.08. The Morgan fingerprint density at radius 2 is 2.27 bits per heavy atom. The zero-order valence-corrected chi connectivity index (χ0v) is 8.36. The molecule has 0 fully saturated rings. The fourth-order valence-corrected chi connectivity index (χ4v) is 1.10. The minimum atomic E-state index is -0.345. The molecular weight excluding hydrogens is 198 g/mol. The van der Waals surface area contributed by atoms with Crippen LogP contribution < -0.4 is 10.1 Å². The zero-order valence-electron chi connectivity index (χ0n) is 8.36. The minimum Gasteiger partial charge on any atom is -0.504 e. The lowest BCUT2D eigenvalue weighted by atomic mass is 10.2. The number of rotatable bonds is 4. The number of ether oxygens (including phenoxy) is 1. The molecule has 15 heavy (non-hydrogen) atoms. The zero-order chi connectivity index (χ0) is 11.3. The van der Waals surface area contributed by atoms with Gasteiger partial charge in [0.1, 0.15) is 0 Å². The Labute approximate surface area is 87.3 Å². The number of aromatic hydroxyl groups is 1. The van der Waals surface area contributed by atoms with Crippen LogP contribution in [-0.2, 0) is 0 Å². The summed E-state index contributed by atoms with van der Waals surface area (Å²) in [6, 6.07) is 4.35. The fraction of sp³-hybridized carbons (Fsp3) is 0.300. The third-order valence-corrected chi connectivity index (χ3v) is 1.84. The molecule has 3 N–H and O–H groups in total. The van der Waals surface area contributed by atoms with E-state index in [1.54, 1.807) is 0 Å². The number of nitrogens with one attached hydrogen (secondary N) is 1. The molecule has 0 heterocycles. The van der Waals surface area contributed by atoms with Crippen molar-refractivity contribution in [1.82, 2.24) is 5.32 Å². The molecule has 1 amide bonds. The second-order valence-electron chi connectivity index (χ2n) is 2.87. The molecule has 1 aromatic carbocycles. The third-order valence-electron chi connectivity index (χ3n) is 1.84. The summed E-state index contributed by atoms with van der Waals surface area (Å²) in [5.74, 6) is -0.121. The van der Waals surface area contributed by atoms with E-state index in [2.05, 4.69) is 5.32 Å². The SMILES string of the molecule is COc1ccc(C(=O)NCCO)cc1O. The number of carbonyl (C=O) groups excluding carboxylic acids is 1. The predicted octanol–water partition coefficient (Wildman–Crippen LogP) is 0.123. The Morgan fingerprint density at radius 3 is 2.80 bits per heavy atom. The lowest BCUT2D eigenvalue weighted by Gasteiger charge is -2.06. The van der Waals surface area contributed by atoms with E-state index in [4.69, 9.17) is 9.84 Å². The van der Waals surface area contributed by atoms with E-state index in [1.165, 1.54) is 25.3 Å². The molecule has 0 saturated heterocycles. The molecule has 0 aliphatic heterocycles. The van der Waals surface area contributed by atoms with Crippen molar-refractivity contribution in [2.24, 2.45) is 0 Å². The average molecular weight is 211 g/mol. The molecule has 82 valence electrons. The van der Waals surface area contributed by atoms with Gasteiger partial charge >= 0.3 is 0 Å². The van der Waals surface area contributed by atoms with Crippen LogP contribution in [0.15, 0.2) is 18.2 Å². The standard InChI is InChI=1S/C10H13NO4/c1-15-9-3-2-7(6-8(9)13)10(14)11-4-5-12/h2-3,6,12-13H,4-5H2,1H3,(H,11,14). The van der Waals surface area contributed by atoms with Crippen LogP contribution in [0.2, 0.25) is 0 Å². The maximum Gasteiger partial charge on any atom is 0.251 e. The van der Waals surface area contributed by atoms with Crippen LogP contribution in [0.1, 0.15) is 10.4 Å². The number of phenolic OH excluding ortho intramolecular Hbond substituents is 1. The van der Waals surface area contributed by atoms with Crippen molar-refractivity contribution >= 4 is 5.91 Å². The molecule has 0 saturated carbocycles. The van der Waals surface area contributed by atoms with Crippen molar-refractivity contribution in [2.45, 2.75) is 0 Å². The molecule has 0 aliphatic rings. The number of carbonyl (C=O) groups is 1. The van der Waals surface area contributed by atoms with Gasteiger partial charge in [0.2, 0.25) is 0 Å². The quantitative estimate of drug-likeness (QED) is 0.661. The van der Waals surface area contributed by atoms with Crippen LogP contribution in [0.5, 0.6) is 11.5 Å². The summed E-state index contributed by atoms with van der Waals surface area (Å²) in [7, 11) is 1.43. The van der Waals surface area contributed by atoms with Crippen molar-refractivity contribution in [3.05, 3.63) is 23.8 Å². The van der Waals surface area contributed by atoms with Gasteiger partial charge in [-0.2, -0.15) is 0 Å². The number of methoxy groups -OCH3 is 1. The lowest BCUT2D eigenvalue weighted by Crippen LogP contribution is -2.26.